The molecular weight excluding hydrogens is 1600 g/mol. The van der Waals surface area contributed by atoms with Crippen LogP contribution in [-0.4, -0.2) is 125 Å². The highest BCUT2D eigenvalue weighted by Crippen LogP contribution is 2.34. The number of azo groups is 2. The van der Waals surface area contributed by atoms with Crippen molar-refractivity contribution in [1.29, 1.82) is 21.0 Å². The van der Waals surface area contributed by atoms with Gasteiger partial charge in [0.25, 0.3) is 11.4 Å². The summed E-state index contributed by atoms with van der Waals surface area (Å²) in [7, 11) is 0. The Bertz CT molecular complexity index is 5310. The largest absolute Gasteiger partial charge is 0.490 e. The van der Waals surface area contributed by atoms with Gasteiger partial charge in [-0.25, -0.2) is 16.2 Å². The van der Waals surface area contributed by atoms with Crippen LogP contribution in [0.15, 0.2) is 276 Å². The highest BCUT2D eigenvalue weighted by atomic mass is 16.6. The Morgan fingerprint density at radius 3 is 0.984 bits per heavy atom. The molecule has 0 aliphatic heterocycles. The van der Waals surface area contributed by atoms with E-state index in [1.54, 1.807) is 84.9 Å². The van der Waals surface area contributed by atoms with E-state index >= 15 is 0 Å². The molecule has 0 saturated heterocycles. The van der Waals surface area contributed by atoms with Gasteiger partial charge in [0.05, 0.1) is 86.7 Å². The molecule has 0 radical (unpaired) electrons. The Labute approximate surface area is 724 Å². The third-order valence-electron chi connectivity index (χ3n) is 18.0. The van der Waals surface area contributed by atoms with E-state index < -0.39 is 45.1 Å². The maximum Gasteiger partial charge on any atom is 0.387 e. The number of benzene rings is 10. The summed E-state index contributed by atoms with van der Waals surface area (Å²) in [6, 6.07) is 78.2. The van der Waals surface area contributed by atoms with Crippen molar-refractivity contribution < 1.29 is 71.7 Å². The first-order chi connectivity index (χ1) is 60.7. The van der Waals surface area contributed by atoms with Crippen molar-refractivity contribution in [2.24, 2.45) is 25.9 Å². The number of ether oxygens (including phenoxy) is 8. The number of hydrogen-bond donors (Lipinski definition) is 0. The molecule has 10 aromatic carbocycles. The first-order valence-corrected chi connectivity index (χ1v) is 39.6. The van der Waals surface area contributed by atoms with Crippen LogP contribution >= 0.6 is 0 Å². The van der Waals surface area contributed by atoms with Crippen molar-refractivity contribution in [3.63, 3.8) is 0 Å². The number of nitriles is 4. The number of nitrogens with zero attached hydrogens (tertiary/aromatic N) is 13. The van der Waals surface area contributed by atoms with Crippen molar-refractivity contribution >= 4 is 75.3 Å². The summed E-state index contributed by atoms with van der Waals surface area (Å²) in [6.45, 7) is 20.3. The van der Waals surface area contributed by atoms with Crippen molar-refractivity contribution in [2.75, 3.05) is 95.4 Å². The van der Waals surface area contributed by atoms with E-state index in [4.69, 9.17) is 60.3 Å². The predicted octanol–water partition coefficient (Wildman–Crippen LogP) is 19.8. The van der Waals surface area contributed by atoms with Crippen molar-refractivity contribution in [3.8, 4) is 74.9 Å². The van der Waals surface area contributed by atoms with E-state index in [9.17, 15) is 49.5 Å². The zero-order valence-electron chi connectivity index (χ0n) is 69.4. The average molecular weight is 1690 g/mol. The van der Waals surface area contributed by atoms with E-state index in [0.29, 0.717) is 69.8 Å². The van der Waals surface area contributed by atoms with Gasteiger partial charge in [0.1, 0.15) is 70.1 Å². The van der Waals surface area contributed by atoms with Gasteiger partial charge in [0, 0.05) is 67.6 Å². The number of rotatable bonds is 40. The Kier molecular flexibility index (Phi) is 40.4. The van der Waals surface area contributed by atoms with Gasteiger partial charge in [-0.05, 0) is 206 Å². The number of nitro benzene ring substituents is 2. The van der Waals surface area contributed by atoms with E-state index in [1.807, 2.05) is 139 Å². The molecular formula is C95H91N13O17. The molecule has 0 aliphatic rings. The summed E-state index contributed by atoms with van der Waals surface area (Å²) < 4.78 is 43.3. The molecule has 0 aliphatic carbocycles. The van der Waals surface area contributed by atoms with Crippen molar-refractivity contribution in [1.82, 2.24) is 0 Å². The third-order valence-corrected chi connectivity index (χ3v) is 18.0. The lowest BCUT2D eigenvalue weighted by molar-refractivity contribution is -0.385. The minimum absolute atomic E-state index is 0.00253. The van der Waals surface area contributed by atoms with Gasteiger partial charge in [-0.3, -0.25) is 34.6 Å². The van der Waals surface area contributed by atoms with Crippen molar-refractivity contribution in [2.45, 2.75) is 59.8 Å². The number of nitro groups is 2. The normalized spacial score (nSPS) is 10.4. The zero-order valence-corrected chi connectivity index (χ0v) is 69.4. The molecule has 0 bridgehead atoms. The molecule has 0 N–H and O–H groups in total. The number of carbonyl (C=O) groups is 5. The van der Waals surface area contributed by atoms with Gasteiger partial charge in [-0.2, -0.15) is 41.5 Å². The second-order valence-electron chi connectivity index (χ2n) is 26.7. The number of non-ortho nitro benzene ring substituents is 2. The molecule has 0 amide bonds. The van der Waals surface area contributed by atoms with Gasteiger partial charge < -0.3 is 52.5 Å². The maximum absolute atomic E-state index is 13.8. The van der Waals surface area contributed by atoms with Crippen LogP contribution in [0.4, 0.5) is 45.5 Å². The number of carbonyl (C=O) groups excluding carboxylic acids is 5. The summed E-state index contributed by atoms with van der Waals surface area (Å²) in [5.41, 5.74) is 9.48. The molecule has 125 heavy (non-hydrogen) atoms. The minimum atomic E-state index is -1.90. The Morgan fingerprint density at radius 1 is 0.416 bits per heavy atom. The van der Waals surface area contributed by atoms with Crippen LogP contribution in [0.5, 0.6) is 17.2 Å². The quantitative estimate of drug-likeness (QED) is 0.00503. The highest BCUT2D eigenvalue weighted by molar-refractivity contribution is 5.83. The van der Waals surface area contributed by atoms with Crippen LogP contribution in [-0.2, 0) is 47.7 Å². The lowest BCUT2D eigenvalue weighted by Crippen LogP contribution is -2.36. The van der Waals surface area contributed by atoms with E-state index in [1.165, 1.54) is 55.0 Å². The second-order valence-corrected chi connectivity index (χ2v) is 26.7. The lowest BCUT2D eigenvalue weighted by atomic mass is 9.80. The second kappa shape index (κ2) is 52.6. The van der Waals surface area contributed by atoms with Crippen LogP contribution in [0.25, 0.3) is 38.2 Å². The fourth-order valence-electron chi connectivity index (χ4n) is 11.4. The van der Waals surface area contributed by atoms with Gasteiger partial charge >= 0.3 is 36.4 Å². The molecule has 638 valence electrons. The Hall–Kier alpha value is -16.3. The van der Waals surface area contributed by atoms with Crippen LogP contribution in [0.2, 0.25) is 0 Å². The summed E-state index contributed by atoms with van der Waals surface area (Å²) in [5, 5.41) is 75.5. The molecule has 30 heteroatoms. The molecule has 0 heterocycles. The molecule has 0 atom stereocenters. The average Bonchev–Trinajstić information content (AvgIpc) is 0.815. The fourth-order valence-corrected chi connectivity index (χ4v) is 11.4. The third kappa shape index (κ3) is 33.1. The van der Waals surface area contributed by atoms with Gasteiger partial charge in [0.2, 0.25) is 0 Å². The van der Waals surface area contributed by atoms with Gasteiger partial charge in [0.15, 0.2) is 5.41 Å². The highest BCUT2D eigenvalue weighted by Gasteiger charge is 2.41. The summed E-state index contributed by atoms with van der Waals surface area (Å²) >= 11 is 0. The first-order valence-electron chi connectivity index (χ1n) is 39.6. The smallest absolute Gasteiger partial charge is 0.387 e. The van der Waals surface area contributed by atoms with Crippen LogP contribution in [0.3, 0.4) is 0 Å². The maximum atomic E-state index is 13.8. The molecule has 0 spiro atoms. The molecule has 10 aromatic rings. The van der Waals surface area contributed by atoms with Crippen LogP contribution in [0.1, 0.15) is 76.5 Å². The summed E-state index contributed by atoms with van der Waals surface area (Å²) in [4.78, 5) is 89.5. The monoisotopic (exact) mass is 1690 g/mol. The van der Waals surface area contributed by atoms with Crippen LogP contribution < -0.4 is 24.0 Å². The lowest BCUT2D eigenvalue weighted by Gasteiger charge is -2.26. The Morgan fingerprint density at radius 2 is 0.704 bits per heavy atom. The first kappa shape index (κ1) is 95.9. The Balaban J connectivity index is 0.000000326. The molecule has 0 saturated carbocycles. The molecule has 0 fully saturated rings. The SMILES string of the molecule is C=CC(=O)OCCOc1ccc(-c2ccc(C#N)cc2)cc1.CCC.CCN(CCOC(=O)C(C#N)(CCC(=O)OCCOc1ccc(-c2ccc(C#N)cc2)cc1)CCC(=O)OCCOc1ccc(-c2ccc(C#N)cc2)cc1)c1ccc(N=Nc2ccc([N+](=O)[O-])cc2)cc1.[C-]#[N+]CC(=O)OCCN(CC)c1ccc(N=Nc2ccc([N+](=O)[O-])cc2)cc1. The standard InChI is InChI=1S/C55H49N7O10.C19H19N5O4.C18H15NO3.C3H8/c1-2-61(48-19-15-46(16-20-48)59-60-47-17-21-49(22-18-47)62(66)67)31-32-72-54(65)55(39-58,29-27-52(63)70-35-33-68-50-23-11-44(12-24-50)42-7-3-40(37-56)4-8-42)30-28-53(64)71-36-34-69-51-25-13-45(14-26-51)43-9-5-41(38-57)6-10-43;1-3-23(12-13-28-19(25)14-20-2)17-8-4-15(5-9-17)21-22-16-6-10-18(11-7-16)24(26)27;1-2-18(20)22-12-11-21-17-9-7-16(8-10-17)15-5-3-14(13-19)4-6-15;1-3-2/h3-26H,2,27-36H2,1H3;4-11H,3,12-14H2,1H3;2-10H,1,11-12H2;3H2,1-2H3. The van der Waals surface area contributed by atoms with Gasteiger partial charge in [-0.15, -0.1) is 0 Å². The van der Waals surface area contributed by atoms with Gasteiger partial charge in [-0.1, -0.05) is 99.6 Å². The van der Waals surface area contributed by atoms with E-state index in [-0.39, 0.29) is 103 Å². The summed E-state index contributed by atoms with van der Waals surface area (Å²) in [5.74, 6) is -1.45. The fraction of sp³-hybridized carbons (Fsp3) is 0.242. The topological polar surface area (TPSA) is 401 Å². The van der Waals surface area contributed by atoms with E-state index in [0.717, 1.165) is 57.4 Å². The number of anilines is 2. The molecule has 0 unspecified atom stereocenters. The minimum Gasteiger partial charge on any atom is -0.490 e. The number of esters is 5. The predicted molar refractivity (Wildman–Crippen MR) is 468 cm³/mol. The molecule has 30 nitrogen and oxygen atoms in total. The summed E-state index contributed by atoms with van der Waals surface area (Å²) in [6.07, 6.45) is 1.13. The molecule has 0 aromatic heterocycles. The zero-order chi connectivity index (χ0) is 90.0. The van der Waals surface area contributed by atoms with E-state index in [2.05, 4.69) is 63.9 Å². The van der Waals surface area contributed by atoms with Crippen LogP contribution in [0, 0.1) is 77.5 Å². The number of likely N-dealkylation sites (N-methyl/N-ethyl adjacent to an activating group) is 2. The molecule has 10 rings (SSSR count). The van der Waals surface area contributed by atoms with Crippen molar-refractivity contribution in [3.05, 3.63) is 304 Å². The number of hydrogen-bond acceptors (Lipinski definition) is 27.